The molecule has 1 aliphatic heterocycles. The first-order valence-electron chi connectivity index (χ1n) is 9.21. The lowest BCUT2D eigenvalue weighted by molar-refractivity contribution is -0.130. The van der Waals surface area contributed by atoms with E-state index in [2.05, 4.69) is 23.7 Å². The molecule has 6 nitrogen and oxygen atoms in total. The van der Waals surface area contributed by atoms with E-state index in [9.17, 15) is 4.79 Å². The minimum atomic E-state index is 0.172. The van der Waals surface area contributed by atoms with E-state index in [1.807, 2.05) is 39.8 Å². The Bertz CT molecular complexity index is 788. The Morgan fingerprint density at radius 3 is 2.81 bits per heavy atom. The van der Waals surface area contributed by atoms with Gasteiger partial charge >= 0.3 is 0 Å². The number of benzene rings is 1. The number of carbonyl (C=O) groups excluding carboxylic acids is 1. The van der Waals surface area contributed by atoms with E-state index in [1.165, 1.54) is 18.2 Å². The predicted molar refractivity (Wildman–Crippen MR) is 108 cm³/mol. The van der Waals surface area contributed by atoms with E-state index in [4.69, 9.17) is 4.74 Å². The molecule has 0 aliphatic carbocycles. The van der Waals surface area contributed by atoms with Crippen LogP contribution in [0.1, 0.15) is 19.8 Å². The minimum Gasteiger partial charge on any atom is -0.497 e. The number of aromatic nitrogens is 3. The standard InChI is InChI=1S/C20H26N4O2S/c1-4-11-24-19(16-7-9-17(26-3)10-8-16)21-22-20(24)27-14-18(25)23-12-5-6-15(2)13-23/h4,7-10,15H,1,5-6,11-14H2,2-3H3. The molecule has 1 fully saturated rings. The van der Waals surface area contributed by atoms with Crippen LogP contribution in [-0.2, 0) is 11.3 Å². The molecule has 0 spiro atoms. The molecule has 2 aromatic rings. The van der Waals surface area contributed by atoms with Gasteiger partial charge in [0.05, 0.1) is 12.9 Å². The molecular formula is C20H26N4O2S. The van der Waals surface area contributed by atoms with Crippen LogP contribution in [0.3, 0.4) is 0 Å². The summed E-state index contributed by atoms with van der Waals surface area (Å²) in [7, 11) is 1.64. The Morgan fingerprint density at radius 2 is 2.15 bits per heavy atom. The van der Waals surface area contributed by atoms with Crippen molar-refractivity contribution in [3.63, 3.8) is 0 Å². The summed E-state index contributed by atoms with van der Waals surface area (Å²) in [6.45, 7) is 8.35. The van der Waals surface area contributed by atoms with Crippen LogP contribution in [0, 0.1) is 5.92 Å². The second kappa shape index (κ2) is 9.08. The Labute approximate surface area is 164 Å². The van der Waals surface area contributed by atoms with Crippen molar-refractivity contribution < 1.29 is 9.53 Å². The monoisotopic (exact) mass is 386 g/mol. The molecule has 1 aromatic carbocycles. The Kier molecular flexibility index (Phi) is 6.55. The van der Waals surface area contributed by atoms with Crippen LogP contribution in [0.2, 0.25) is 0 Å². The summed E-state index contributed by atoms with van der Waals surface area (Å²) >= 11 is 1.44. The van der Waals surface area contributed by atoms with Gasteiger partial charge in [-0.15, -0.1) is 16.8 Å². The van der Waals surface area contributed by atoms with Crippen molar-refractivity contribution in [1.82, 2.24) is 19.7 Å². The highest BCUT2D eigenvalue weighted by atomic mass is 32.2. The van der Waals surface area contributed by atoms with Crippen LogP contribution in [0.5, 0.6) is 5.75 Å². The number of carbonyl (C=O) groups is 1. The lowest BCUT2D eigenvalue weighted by Crippen LogP contribution is -2.40. The number of hydrogen-bond acceptors (Lipinski definition) is 5. The second-order valence-corrected chi connectivity index (χ2v) is 7.75. The maximum Gasteiger partial charge on any atom is 0.233 e. The summed E-state index contributed by atoms with van der Waals surface area (Å²) in [5.41, 5.74) is 0.952. The van der Waals surface area contributed by atoms with E-state index in [-0.39, 0.29) is 5.91 Å². The molecule has 27 heavy (non-hydrogen) atoms. The molecule has 1 aliphatic rings. The summed E-state index contributed by atoms with van der Waals surface area (Å²) < 4.78 is 7.20. The molecule has 3 rings (SSSR count). The second-order valence-electron chi connectivity index (χ2n) is 6.81. The molecular weight excluding hydrogens is 360 g/mol. The predicted octanol–water partition coefficient (Wildman–Crippen LogP) is 3.49. The number of methoxy groups -OCH3 is 1. The van der Waals surface area contributed by atoms with Crippen LogP contribution in [-0.4, -0.2) is 51.5 Å². The number of ether oxygens (including phenoxy) is 1. The van der Waals surface area contributed by atoms with Gasteiger partial charge in [0.1, 0.15) is 5.75 Å². The topological polar surface area (TPSA) is 60.2 Å². The summed E-state index contributed by atoms with van der Waals surface area (Å²) in [5.74, 6) is 2.69. The lowest BCUT2D eigenvalue weighted by atomic mass is 10.0. The molecule has 1 amide bonds. The molecule has 2 heterocycles. The first-order valence-corrected chi connectivity index (χ1v) is 10.2. The summed E-state index contributed by atoms with van der Waals surface area (Å²) in [5, 5.41) is 9.39. The van der Waals surface area contributed by atoms with Crippen molar-refractivity contribution in [2.45, 2.75) is 31.5 Å². The SMILES string of the molecule is C=CCn1c(SCC(=O)N2CCCC(C)C2)nnc1-c1ccc(OC)cc1. The van der Waals surface area contributed by atoms with E-state index in [1.54, 1.807) is 7.11 Å². The molecule has 0 radical (unpaired) electrons. The summed E-state index contributed by atoms with van der Waals surface area (Å²) in [6.07, 6.45) is 4.11. The van der Waals surface area contributed by atoms with E-state index in [0.29, 0.717) is 18.2 Å². The number of rotatable bonds is 7. The highest BCUT2D eigenvalue weighted by molar-refractivity contribution is 7.99. The van der Waals surface area contributed by atoms with E-state index < -0.39 is 0 Å². The van der Waals surface area contributed by atoms with Crippen LogP contribution in [0.25, 0.3) is 11.4 Å². The van der Waals surface area contributed by atoms with Gasteiger partial charge in [-0.05, 0) is 43.0 Å². The highest BCUT2D eigenvalue weighted by Gasteiger charge is 2.22. The van der Waals surface area contributed by atoms with Crippen LogP contribution >= 0.6 is 11.8 Å². The van der Waals surface area contributed by atoms with Crippen molar-refractivity contribution in [1.29, 1.82) is 0 Å². The molecule has 0 saturated carbocycles. The molecule has 0 bridgehead atoms. The van der Waals surface area contributed by atoms with Crippen molar-refractivity contribution in [3.05, 3.63) is 36.9 Å². The van der Waals surface area contributed by atoms with Gasteiger partial charge in [-0.1, -0.05) is 24.8 Å². The number of piperidine rings is 1. The summed E-state index contributed by atoms with van der Waals surface area (Å²) in [6, 6.07) is 7.71. The fourth-order valence-electron chi connectivity index (χ4n) is 3.28. The van der Waals surface area contributed by atoms with Crippen molar-refractivity contribution in [2.75, 3.05) is 26.0 Å². The average Bonchev–Trinajstić information content (AvgIpc) is 3.09. The first-order chi connectivity index (χ1) is 13.1. The number of allylic oxidation sites excluding steroid dienone is 1. The molecule has 0 N–H and O–H groups in total. The summed E-state index contributed by atoms with van der Waals surface area (Å²) in [4.78, 5) is 14.5. The molecule has 1 unspecified atom stereocenters. The van der Waals surface area contributed by atoms with Crippen molar-refractivity contribution in [2.24, 2.45) is 5.92 Å². The zero-order chi connectivity index (χ0) is 19.2. The van der Waals surface area contributed by atoms with Gasteiger partial charge in [0.15, 0.2) is 11.0 Å². The first kappa shape index (κ1) is 19.5. The average molecular weight is 387 g/mol. The fraction of sp³-hybridized carbons (Fsp3) is 0.450. The Hall–Kier alpha value is -2.28. The number of hydrogen-bond donors (Lipinski definition) is 0. The molecule has 7 heteroatoms. The van der Waals surface area contributed by atoms with Crippen LogP contribution in [0.15, 0.2) is 42.1 Å². The van der Waals surface area contributed by atoms with Gasteiger partial charge in [0.25, 0.3) is 0 Å². The molecule has 144 valence electrons. The van der Waals surface area contributed by atoms with Crippen LogP contribution < -0.4 is 4.74 Å². The molecule has 1 saturated heterocycles. The Balaban J connectivity index is 1.72. The highest BCUT2D eigenvalue weighted by Crippen LogP contribution is 2.26. The van der Waals surface area contributed by atoms with Gasteiger partial charge in [-0.25, -0.2) is 0 Å². The van der Waals surface area contributed by atoms with Crippen LogP contribution in [0.4, 0.5) is 0 Å². The fourth-order valence-corrected chi connectivity index (χ4v) is 4.13. The van der Waals surface area contributed by atoms with Gasteiger partial charge < -0.3 is 9.64 Å². The maximum atomic E-state index is 12.5. The third-order valence-electron chi connectivity index (χ3n) is 4.71. The van der Waals surface area contributed by atoms with Gasteiger partial charge in [0, 0.05) is 25.2 Å². The Morgan fingerprint density at radius 1 is 1.37 bits per heavy atom. The van der Waals surface area contributed by atoms with Crippen molar-refractivity contribution in [3.8, 4) is 17.1 Å². The number of nitrogens with zero attached hydrogens (tertiary/aromatic N) is 4. The maximum absolute atomic E-state index is 12.5. The third kappa shape index (κ3) is 4.71. The zero-order valence-corrected chi connectivity index (χ0v) is 16.7. The van der Waals surface area contributed by atoms with E-state index in [0.717, 1.165) is 41.8 Å². The minimum absolute atomic E-state index is 0.172. The smallest absolute Gasteiger partial charge is 0.233 e. The number of likely N-dealkylation sites (tertiary alicyclic amines) is 1. The quantitative estimate of drug-likeness (QED) is 0.538. The number of amides is 1. The van der Waals surface area contributed by atoms with Crippen molar-refractivity contribution >= 4 is 17.7 Å². The van der Waals surface area contributed by atoms with E-state index >= 15 is 0 Å². The molecule has 1 aromatic heterocycles. The normalized spacial score (nSPS) is 17.0. The zero-order valence-electron chi connectivity index (χ0n) is 15.9. The van der Waals surface area contributed by atoms with Gasteiger partial charge in [0.2, 0.25) is 5.91 Å². The lowest BCUT2D eigenvalue weighted by Gasteiger charge is -2.30. The largest absolute Gasteiger partial charge is 0.497 e. The van der Waals surface area contributed by atoms with Gasteiger partial charge in [-0.3, -0.25) is 9.36 Å². The third-order valence-corrected chi connectivity index (χ3v) is 5.66. The number of thioether (sulfide) groups is 1. The molecule has 1 atom stereocenters. The van der Waals surface area contributed by atoms with Gasteiger partial charge in [-0.2, -0.15) is 0 Å².